The molecule has 0 aromatic heterocycles. The highest BCUT2D eigenvalue weighted by Crippen LogP contribution is 2.22. The van der Waals surface area contributed by atoms with E-state index in [9.17, 15) is 19.7 Å². The molecule has 0 spiro atoms. The van der Waals surface area contributed by atoms with Crippen LogP contribution >= 0.6 is 0 Å². The second-order valence-electron chi connectivity index (χ2n) is 4.11. The number of carbonyl (C=O) groups excluding carboxylic acids is 2. The maximum Gasteiger partial charge on any atom is 0.292 e. The summed E-state index contributed by atoms with van der Waals surface area (Å²) in [6, 6.07) is 3.78. The predicted molar refractivity (Wildman–Crippen MR) is 66.4 cm³/mol. The first-order valence-corrected chi connectivity index (χ1v) is 5.59. The summed E-state index contributed by atoms with van der Waals surface area (Å²) in [4.78, 5) is 34.7. The van der Waals surface area contributed by atoms with Gasteiger partial charge in [0.1, 0.15) is 5.69 Å². The normalized spacial score (nSPS) is 14.9. The van der Waals surface area contributed by atoms with Gasteiger partial charge in [-0.1, -0.05) is 0 Å². The lowest BCUT2D eigenvalue weighted by Crippen LogP contribution is -2.49. The van der Waals surface area contributed by atoms with Crippen LogP contribution in [0.3, 0.4) is 0 Å². The van der Waals surface area contributed by atoms with Gasteiger partial charge in [0.25, 0.3) is 11.6 Å². The van der Waals surface area contributed by atoms with Crippen LogP contribution in [0.1, 0.15) is 10.4 Å². The number of hydrogen-bond donors (Lipinski definition) is 2. The van der Waals surface area contributed by atoms with Crippen molar-refractivity contribution in [3.8, 4) is 0 Å². The number of nitrogens with zero attached hydrogens (tertiary/aromatic N) is 2. The molecule has 8 nitrogen and oxygen atoms in total. The summed E-state index contributed by atoms with van der Waals surface area (Å²) in [5.74, 6) is -0.592. The van der Waals surface area contributed by atoms with Gasteiger partial charge in [-0.25, -0.2) is 0 Å². The molecule has 1 fully saturated rings. The van der Waals surface area contributed by atoms with Gasteiger partial charge >= 0.3 is 0 Å². The minimum Gasteiger partial charge on any atom is -0.393 e. The fourth-order valence-corrected chi connectivity index (χ4v) is 1.85. The van der Waals surface area contributed by atoms with E-state index >= 15 is 0 Å². The minimum atomic E-state index is -0.613. The van der Waals surface area contributed by atoms with Gasteiger partial charge in [0.15, 0.2) is 0 Å². The van der Waals surface area contributed by atoms with Crippen LogP contribution < -0.4 is 11.1 Å². The lowest BCUT2D eigenvalue weighted by atomic mass is 10.1. The summed E-state index contributed by atoms with van der Waals surface area (Å²) >= 11 is 0. The van der Waals surface area contributed by atoms with Crippen LogP contribution in [-0.2, 0) is 4.79 Å². The molecule has 8 heteroatoms. The summed E-state index contributed by atoms with van der Waals surface area (Å²) in [5.41, 5.74) is 5.44. The van der Waals surface area contributed by atoms with E-state index in [2.05, 4.69) is 5.32 Å². The molecule has 1 aliphatic heterocycles. The van der Waals surface area contributed by atoms with Gasteiger partial charge in [-0.2, -0.15) is 0 Å². The highest BCUT2D eigenvalue weighted by atomic mass is 16.6. The van der Waals surface area contributed by atoms with Crippen molar-refractivity contribution in [2.75, 3.05) is 25.4 Å². The lowest BCUT2D eigenvalue weighted by molar-refractivity contribution is -0.383. The van der Waals surface area contributed by atoms with E-state index in [0.29, 0.717) is 13.1 Å². The molecule has 100 valence electrons. The molecule has 0 saturated carbocycles. The van der Waals surface area contributed by atoms with Crippen molar-refractivity contribution in [2.45, 2.75) is 0 Å². The van der Waals surface area contributed by atoms with Crippen LogP contribution in [0.25, 0.3) is 0 Å². The molecule has 0 atom stereocenters. The van der Waals surface area contributed by atoms with Crippen molar-refractivity contribution in [1.82, 2.24) is 10.2 Å². The third kappa shape index (κ3) is 2.62. The minimum absolute atomic E-state index is 0.0181. The van der Waals surface area contributed by atoms with Crippen molar-refractivity contribution in [2.24, 2.45) is 0 Å². The number of hydrogen-bond acceptors (Lipinski definition) is 5. The van der Waals surface area contributed by atoms with Crippen LogP contribution in [0.5, 0.6) is 0 Å². The van der Waals surface area contributed by atoms with E-state index < -0.39 is 4.92 Å². The number of nitro groups is 1. The number of nitro benzene ring substituents is 1. The summed E-state index contributed by atoms with van der Waals surface area (Å²) in [6.45, 7) is 0.782. The van der Waals surface area contributed by atoms with Crippen molar-refractivity contribution in [1.29, 1.82) is 0 Å². The fraction of sp³-hybridized carbons (Fsp3) is 0.273. The highest BCUT2D eigenvalue weighted by molar-refractivity contribution is 5.98. The molecule has 0 bridgehead atoms. The maximum absolute atomic E-state index is 12.1. The number of nitrogen functional groups attached to an aromatic ring is 1. The van der Waals surface area contributed by atoms with Crippen molar-refractivity contribution < 1.29 is 14.5 Å². The van der Waals surface area contributed by atoms with E-state index in [-0.39, 0.29) is 35.3 Å². The Morgan fingerprint density at radius 2 is 2.21 bits per heavy atom. The third-order valence-electron chi connectivity index (χ3n) is 2.80. The number of anilines is 1. The first kappa shape index (κ1) is 12.8. The van der Waals surface area contributed by atoms with Gasteiger partial charge < -0.3 is 16.0 Å². The number of carbonyl (C=O) groups is 2. The first-order chi connectivity index (χ1) is 8.99. The van der Waals surface area contributed by atoms with E-state index in [0.717, 1.165) is 0 Å². The number of piperazine rings is 1. The highest BCUT2D eigenvalue weighted by Gasteiger charge is 2.23. The predicted octanol–water partition coefficient (Wildman–Crippen LogP) is -0.251. The standard InChI is InChI=1S/C11H12N4O4/c12-8-5-7(1-2-9(8)15(18)19)11(17)14-4-3-13-10(16)6-14/h1-2,5H,3-4,6,12H2,(H,13,16). The van der Waals surface area contributed by atoms with Gasteiger partial charge in [-0.3, -0.25) is 19.7 Å². The molecule has 2 rings (SSSR count). The number of amides is 2. The zero-order valence-electron chi connectivity index (χ0n) is 9.96. The molecular weight excluding hydrogens is 252 g/mol. The van der Waals surface area contributed by atoms with E-state index in [4.69, 9.17) is 5.73 Å². The fourth-order valence-electron chi connectivity index (χ4n) is 1.85. The Bertz CT molecular complexity index is 558. The van der Waals surface area contributed by atoms with E-state index in [1.54, 1.807) is 0 Å². The van der Waals surface area contributed by atoms with Crippen molar-refractivity contribution in [3.63, 3.8) is 0 Å². The average molecular weight is 264 g/mol. The van der Waals surface area contributed by atoms with Crippen LogP contribution in [0.2, 0.25) is 0 Å². The smallest absolute Gasteiger partial charge is 0.292 e. The van der Waals surface area contributed by atoms with Crippen LogP contribution in [0, 0.1) is 10.1 Å². The zero-order valence-corrected chi connectivity index (χ0v) is 9.96. The molecule has 0 unspecified atom stereocenters. The molecule has 1 saturated heterocycles. The largest absolute Gasteiger partial charge is 0.393 e. The first-order valence-electron chi connectivity index (χ1n) is 5.59. The Morgan fingerprint density at radius 3 is 2.79 bits per heavy atom. The van der Waals surface area contributed by atoms with Gasteiger partial charge in [-0.15, -0.1) is 0 Å². The summed E-state index contributed by atoms with van der Waals surface area (Å²) in [7, 11) is 0. The lowest BCUT2D eigenvalue weighted by Gasteiger charge is -2.26. The number of nitrogens with two attached hydrogens (primary N) is 1. The zero-order chi connectivity index (χ0) is 14.0. The number of benzene rings is 1. The molecule has 0 aliphatic carbocycles. The van der Waals surface area contributed by atoms with Crippen molar-refractivity contribution in [3.05, 3.63) is 33.9 Å². The van der Waals surface area contributed by atoms with Crippen molar-refractivity contribution >= 4 is 23.2 Å². The monoisotopic (exact) mass is 264 g/mol. The SMILES string of the molecule is Nc1cc(C(=O)N2CCNC(=O)C2)ccc1[N+](=O)[O-]. The summed E-state index contributed by atoms with van der Waals surface area (Å²) in [6.07, 6.45) is 0. The molecule has 1 aromatic rings. The van der Waals surface area contributed by atoms with E-state index in [1.807, 2.05) is 0 Å². The van der Waals surface area contributed by atoms with Gasteiger partial charge in [-0.05, 0) is 12.1 Å². The van der Waals surface area contributed by atoms with E-state index in [1.165, 1.54) is 23.1 Å². The quantitative estimate of drug-likeness (QED) is 0.433. The Labute approximate surface area is 108 Å². The second-order valence-corrected chi connectivity index (χ2v) is 4.11. The topological polar surface area (TPSA) is 119 Å². The molecule has 0 radical (unpaired) electrons. The van der Waals surface area contributed by atoms with Crippen LogP contribution in [-0.4, -0.2) is 41.3 Å². The van der Waals surface area contributed by atoms with Crippen LogP contribution in [0.15, 0.2) is 18.2 Å². The maximum atomic E-state index is 12.1. The Hall–Kier alpha value is -2.64. The molecule has 2 amide bonds. The Balaban J connectivity index is 2.22. The second kappa shape index (κ2) is 4.92. The van der Waals surface area contributed by atoms with Gasteiger partial charge in [0.05, 0.1) is 11.5 Å². The number of rotatable bonds is 2. The molecular formula is C11H12N4O4. The molecule has 1 heterocycles. The molecule has 19 heavy (non-hydrogen) atoms. The Kier molecular flexibility index (Phi) is 3.32. The number of nitrogens with one attached hydrogen (secondary N) is 1. The van der Waals surface area contributed by atoms with Gasteiger partial charge in [0.2, 0.25) is 5.91 Å². The average Bonchev–Trinajstić information content (AvgIpc) is 2.37. The Morgan fingerprint density at radius 1 is 1.47 bits per heavy atom. The molecule has 3 N–H and O–H groups in total. The van der Waals surface area contributed by atoms with Gasteiger partial charge in [0, 0.05) is 24.7 Å². The molecule has 1 aliphatic rings. The summed E-state index contributed by atoms with van der Waals surface area (Å²) < 4.78 is 0. The molecule has 1 aromatic carbocycles. The van der Waals surface area contributed by atoms with Crippen LogP contribution in [0.4, 0.5) is 11.4 Å². The third-order valence-corrected chi connectivity index (χ3v) is 2.80. The summed E-state index contributed by atoms with van der Waals surface area (Å²) in [5, 5.41) is 13.2.